The highest BCUT2D eigenvalue weighted by molar-refractivity contribution is 6.42. The van der Waals surface area contributed by atoms with Gasteiger partial charge in [0.1, 0.15) is 5.76 Å². The lowest BCUT2D eigenvalue weighted by Gasteiger charge is -2.35. The Kier molecular flexibility index (Phi) is 6.52. The number of hydrogen-bond acceptors (Lipinski definition) is 4. The molecule has 6 rings (SSSR count). The first-order valence-corrected chi connectivity index (χ1v) is 13.2. The number of hydrogen-bond donors (Lipinski definition) is 1. The number of amides is 1. The predicted molar refractivity (Wildman–Crippen MR) is 150 cm³/mol. The van der Waals surface area contributed by atoms with E-state index in [9.17, 15) is 9.59 Å². The van der Waals surface area contributed by atoms with Crippen molar-refractivity contribution in [3.8, 4) is 0 Å². The van der Waals surface area contributed by atoms with Crippen molar-refractivity contribution >= 4 is 57.9 Å². The molecule has 3 aromatic carbocycles. The molecule has 2 aliphatic rings. The van der Waals surface area contributed by atoms with Crippen molar-refractivity contribution in [3.63, 3.8) is 0 Å². The van der Waals surface area contributed by atoms with Crippen molar-refractivity contribution < 1.29 is 14.0 Å². The highest BCUT2D eigenvalue weighted by Gasteiger charge is 2.42. The fraction of sp³-hybridized carbons (Fsp3) is 0.133. The normalized spacial score (nSPS) is 18.9. The second kappa shape index (κ2) is 9.99. The number of rotatable bonds is 3. The molecule has 0 unspecified atom stereocenters. The molecule has 38 heavy (non-hydrogen) atoms. The van der Waals surface area contributed by atoms with Gasteiger partial charge in [-0.1, -0.05) is 59.1 Å². The number of nitrogens with zero attached hydrogens (tertiary/aromatic N) is 1. The van der Waals surface area contributed by atoms with E-state index in [0.717, 1.165) is 22.7 Å². The molecular formula is C30H21Cl3N2O3. The van der Waals surface area contributed by atoms with Crippen LogP contribution in [0.2, 0.25) is 15.1 Å². The Labute approximate surface area is 234 Å². The van der Waals surface area contributed by atoms with E-state index in [2.05, 4.69) is 5.32 Å². The summed E-state index contributed by atoms with van der Waals surface area (Å²) in [4.78, 5) is 29.9. The number of anilines is 2. The minimum Gasteiger partial charge on any atom is -0.469 e. The molecule has 5 nitrogen and oxygen atoms in total. The van der Waals surface area contributed by atoms with Gasteiger partial charge in [0.2, 0.25) is 0 Å². The average molecular weight is 564 g/mol. The van der Waals surface area contributed by atoms with Crippen LogP contribution in [-0.4, -0.2) is 11.7 Å². The second-order valence-electron chi connectivity index (χ2n) is 9.34. The topological polar surface area (TPSA) is 62.6 Å². The summed E-state index contributed by atoms with van der Waals surface area (Å²) in [7, 11) is 0. The van der Waals surface area contributed by atoms with Gasteiger partial charge < -0.3 is 9.73 Å². The number of carbonyl (C=O) groups excluding carboxylic acids is 2. The molecule has 0 radical (unpaired) electrons. The van der Waals surface area contributed by atoms with Crippen LogP contribution < -0.4 is 10.2 Å². The van der Waals surface area contributed by atoms with Crippen molar-refractivity contribution in [1.82, 2.24) is 0 Å². The van der Waals surface area contributed by atoms with Gasteiger partial charge in [-0.15, -0.1) is 0 Å². The molecule has 0 saturated heterocycles. The zero-order chi connectivity index (χ0) is 26.4. The third-order valence-electron chi connectivity index (χ3n) is 7.01. The Morgan fingerprint density at radius 3 is 2.42 bits per heavy atom. The number of Topliss-reactive ketones (excluding diaryl/α,β-unsaturated/α-hetero) is 1. The number of ketones is 1. The van der Waals surface area contributed by atoms with Gasteiger partial charge in [0, 0.05) is 34.2 Å². The van der Waals surface area contributed by atoms with Crippen LogP contribution in [0.4, 0.5) is 11.4 Å². The lowest BCUT2D eigenvalue weighted by molar-refractivity contribution is -0.116. The smallest absolute Gasteiger partial charge is 0.259 e. The fourth-order valence-corrected chi connectivity index (χ4v) is 5.69. The third kappa shape index (κ3) is 4.41. The molecule has 1 aliphatic heterocycles. The number of halogens is 3. The van der Waals surface area contributed by atoms with Gasteiger partial charge in [-0.2, -0.15) is 0 Å². The monoisotopic (exact) mass is 562 g/mol. The molecule has 0 bridgehead atoms. The summed E-state index contributed by atoms with van der Waals surface area (Å²) in [6, 6.07) is 22.6. The summed E-state index contributed by atoms with van der Waals surface area (Å²) in [6.07, 6.45) is 2.44. The van der Waals surface area contributed by atoms with Crippen LogP contribution in [0.3, 0.4) is 0 Å². The largest absolute Gasteiger partial charge is 0.469 e. The predicted octanol–water partition coefficient (Wildman–Crippen LogP) is 8.45. The number of furan rings is 1. The molecule has 0 spiro atoms. The molecular weight excluding hydrogens is 543 g/mol. The molecule has 1 aliphatic carbocycles. The number of benzene rings is 3. The summed E-state index contributed by atoms with van der Waals surface area (Å²) >= 11 is 18.7. The Morgan fingerprint density at radius 2 is 1.68 bits per heavy atom. The standard InChI is InChI=1S/C30H21Cl3N2O3/c31-20-10-7-17(8-11-20)29-28-24(15-19(16-26(28)36)27-6-3-13-38-27)34-23-4-1-2-5-25(23)35(29)30(37)18-9-12-21(32)22(33)14-18/h1-14,19,29,34H,15-16H2/t19-,29-/m1/s1. The highest BCUT2D eigenvalue weighted by Crippen LogP contribution is 2.48. The quantitative estimate of drug-likeness (QED) is 0.272. The lowest BCUT2D eigenvalue weighted by atomic mass is 9.80. The van der Waals surface area contributed by atoms with Gasteiger partial charge in [0.25, 0.3) is 5.91 Å². The highest BCUT2D eigenvalue weighted by atomic mass is 35.5. The number of allylic oxidation sites excluding steroid dienone is 1. The first kappa shape index (κ1) is 24.8. The van der Waals surface area contributed by atoms with E-state index in [1.807, 2.05) is 48.5 Å². The van der Waals surface area contributed by atoms with Crippen LogP contribution in [0.15, 0.2) is 101 Å². The van der Waals surface area contributed by atoms with Gasteiger partial charge in [0.05, 0.1) is 33.7 Å². The summed E-state index contributed by atoms with van der Waals surface area (Å²) < 4.78 is 5.66. The summed E-state index contributed by atoms with van der Waals surface area (Å²) in [5, 5.41) is 4.69. The van der Waals surface area contributed by atoms with E-state index >= 15 is 0 Å². The maximum atomic E-state index is 14.3. The van der Waals surface area contributed by atoms with E-state index in [1.54, 1.807) is 41.5 Å². The molecule has 0 fully saturated rings. The van der Waals surface area contributed by atoms with E-state index in [1.165, 1.54) is 0 Å². The molecule has 1 amide bonds. The zero-order valence-corrected chi connectivity index (χ0v) is 22.2. The van der Waals surface area contributed by atoms with Crippen LogP contribution in [-0.2, 0) is 4.79 Å². The zero-order valence-electron chi connectivity index (χ0n) is 20.0. The molecule has 2 atom stereocenters. The Hall–Kier alpha value is -3.51. The van der Waals surface area contributed by atoms with E-state index < -0.39 is 6.04 Å². The molecule has 1 N–H and O–H groups in total. The van der Waals surface area contributed by atoms with Crippen molar-refractivity contribution in [1.29, 1.82) is 0 Å². The SMILES string of the molecule is O=C1C[C@H](c2ccco2)CC2=C1[C@@H](c1ccc(Cl)cc1)N(C(=O)c1ccc(Cl)c(Cl)c1)c1ccccc1N2. The van der Waals surface area contributed by atoms with E-state index in [4.69, 9.17) is 39.2 Å². The Morgan fingerprint density at radius 1 is 0.895 bits per heavy atom. The molecule has 1 aromatic heterocycles. The maximum Gasteiger partial charge on any atom is 0.259 e. The van der Waals surface area contributed by atoms with Crippen LogP contribution in [0.25, 0.3) is 0 Å². The van der Waals surface area contributed by atoms with Gasteiger partial charge in [-0.3, -0.25) is 14.5 Å². The fourth-order valence-electron chi connectivity index (χ4n) is 5.27. The molecule has 190 valence electrons. The number of fused-ring (bicyclic) bond motifs is 1. The van der Waals surface area contributed by atoms with Crippen LogP contribution in [0.5, 0.6) is 0 Å². The number of para-hydroxylation sites is 2. The van der Waals surface area contributed by atoms with Crippen molar-refractivity contribution in [3.05, 3.63) is 128 Å². The Bertz CT molecular complexity index is 1580. The van der Waals surface area contributed by atoms with Crippen LogP contribution in [0.1, 0.15) is 46.5 Å². The van der Waals surface area contributed by atoms with Crippen molar-refractivity contribution in [2.45, 2.75) is 24.8 Å². The first-order chi connectivity index (χ1) is 18.4. The van der Waals surface area contributed by atoms with Gasteiger partial charge in [-0.05, 0) is 66.6 Å². The third-order valence-corrected chi connectivity index (χ3v) is 8.00. The first-order valence-electron chi connectivity index (χ1n) is 12.1. The summed E-state index contributed by atoms with van der Waals surface area (Å²) in [5.41, 5.74) is 3.78. The summed E-state index contributed by atoms with van der Waals surface area (Å²) in [6.45, 7) is 0. The minimum atomic E-state index is -0.703. The maximum absolute atomic E-state index is 14.3. The van der Waals surface area contributed by atoms with Gasteiger partial charge in [0.15, 0.2) is 5.78 Å². The van der Waals surface area contributed by atoms with Crippen molar-refractivity contribution in [2.24, 2.45) is 0 Å². The van der Waals surface area contributed by atoms with Crippen molar-refractivity contribution in [2.75, 3.05) is 10.2 Å². The molecule has 8 heteroatoms. The number of nitrogens with one attached hydrogen (secondary N) is 1. The Balaban J connectivity index is 1.57. The van der Waals surface area contributed by atoms with E-state index in [0.29, 0.717) is 33.3 Å². The van der Waals surface area contributed by atoms with Gasteiger partial charge in [-0.25, -0.2) is 0 Å². The van der Waals surface area contributed by atoms with E-state index in [-0.39, 0.29) is 29.1 Å². The van der Waals surface area contributed by atoms with Crippen LogP contribution in [0, 0.1) is 0 Å². The van der Waals surface area contributed by atoms with Gasteiger partial charge >= 0.3 is 0 Å². The second-order valence-corrected chi connectivity index (χ2v) is 10.6. The van der Waals surface area contributed by atoms with Crippen LogP contribution >= 0.6 is 34.8 Å². The number of carbonyl (C=O) groups is 2. The minimum absolute atomic E-state index is 0.0557. The molecule has 0 saturated carbocycles. The lowest BCUT2D eigenvalue weighted by Crippen LogP contribution is -2.38. The summed E-state index contributed by atoms with van der Waals surface area (Å²) in [5.74, 6) is 0.280. The average Bonchev–Trinajstić information content (AvgIpc) is 3.41. The molecule has 2 heterocycles. The molecule has 4 aromatic rings.